The van der Waals surface area contributed by atoms with Crippen molar-refractivity contribution in [3.8, 4) is 0 Å². The highest BCUT2D eigenvalue weighted by molar-refractivity contribution is 5.86. The molecule has 2 amide bonds. The van der Waals surface area contributed by atoms with Crippen molar-refractivity contribution >= 4 is 24.2 Å². The van der Waals surface area contributed by atoms with Crippen molar-refractivity contribution in [2.75, 3.05) is 26.7 Å². The van der Waals surface area contributed by atoms with Crippen LogP contribution in [0.1, 0.15) is 40.0 Å². The third-order valence-electron chi connectivity index (χ3n) is 3.37. The zero-order valence-electron chi connectivity index (χ0n) is 13.4. The van der Waals surface area contributed by atoms with Crippen LogP contribution in [-0.2, 0) is 14.3 Å². The summed E-state index contributed by atoms with van der Waals surface area (Å²) in [6.45, 7) is 7.66. The Morgan fingerprint density at radius 1 is 1.24 bits per heavy atom. The third kappa shape index (κ3) is 6.63. The molecule has 0 bridgehead atoms. The summed E-state index contributed by atoms with van der Waals surface area (Å²) in [6, 6.07) is 0. The molecule has 1 heterocycles. The fourth-order valence-electron chi connectivity index (χ4n) is 2.29. The molecular formula is C14H28ClN3O3. The van der Waals surface area contributed by atoms with Gasteiger partial charge in [-0.2, -0.15) is 0 Å². The Morgan fingerprint density at radius 2 is 1.81 bits per heavy atom. The Kier molecular flexibility index (Phi) is 8.21. The lowest BCUT2D eigenvalue weighted by Crippen LogP contribution is -2.54. The van der Waals surface area contributed by atoms with Gasteiger partial charge in [0, 0.05) is 25.6 Å². The molecular weight excluding hydrogens is 294 g/mol. The average molecular weight is 322 g/mol. The fraction of sp³-hybridized carbons (Fsp3) is 0.857. The second kappa shape index (κ2) is 8.56. The van der Waals surface area contributed by atoms with Gasteiger partial charge in [0.25, 0.3) is 5.91 Å². The third-order valence-corrected chi connectivity index (χ3v) is 3.37. The van der Waals surface area contributed by atoms with E-state index < -0.39 is 5.60 Å². The molecule has 0 aromatic carbocycles. The lowest BCUT2D eigenvalue weighted by molar-refractivity contribution is -0.146. The monoisotopic (exact) mass is 321 g/mol. The first kappa shape index (κ1) is 20.1. The fourth-order valence-corrected chi connectivity index (χ4v) is 2.29. The van der Waals surface area contributed by atoms with Crippen molar-refractivity contribution in [2.24, 2.45) is 0 Å². The van der Waals surface area contributed by atoms with Gasteiger partial charge in [-0.25, -0.2) is 0 Å². The normalized spacial score (nSPS) is 17.5. The molecule has 0 spiro atoms. The Bertz CT molecular complexity index is 350. The number of amides is 2. The van der Waals surface area contributed by atoms with Crippen LogP contribution >= 0.6 is 12.4 Å². The summed E-state index contributed by atoms with van der Waals surface area (Å²) in [6.07, 6.45) is 1.59. The minimum atomic E-state index is -0.744. The van der Waals surface area contributed by atoms with Gasteiger partial charge >= 0.3 is 0 Å². The van der Waals surface area contributed by atoms with E-state index in [0.717, 1.165) is 13.1 Å². The number of ether oxygens (including phenoxy) is 1. The second-order valence-corrected chi connectivity index (χ2v) is 6.25. The minimum Gasteiger partial charge on any atom is -0.368 e. The zero-order chi connectivity index (χ0) is 15.2. The number of carbonyl (C=O) groups excluding carboxylic acids is 2. The maximum Gasteiger partial charge on any atom is 0.252 e. The van der Waals surface area contributed by atoms with Crippen molar-refractivity contribution in [1.29, 1.82) is 0 Å². The standard InChI is InChI=1S/C14H27N3O3.ClH/c1-13(2,3)17-11(18)5-8-16-12(19)14(20-4)6-9-15-10-7-14;/h15H,5-10H2,1-4H3,(H,16,19)(H,17,18);1H. The number of nitrogens with one attached hydrogen (secondary N) is 3. The van der Waals surface area contributed by atoms with Crippen LogP contribution in [0.15, 0.2) is 0 Å². The number of methoxy groups -OCH3 is 1. The van der Waals surface area contributed by atoms with Crippen molar-refractivity contribution in [3.63, 3.8) is 0 Å². The van der Waals surface area contributed by atoms with Gasteiger partial charge in [-0.3, -0.25) is 9.59 Å². The SMILES string of the molecule is COC1(C(=O)NCCC(=O)NC(C)(C)C)CCNCC1.Cl. The number of hydrogen-bond donors (Lipinski definition) is 3. The molecule has 1 aliphatic rings. The first-order valence-corrected chi connectivity index (χ1v) is 7.14. The summed E-state index contributed by atoms with van der Waals surface area (Å²) in [5.41, 5.74) is -0.990. The molecule has 7 heteroatoms. The van der Waals surface area contributed by atoms with Crippen LogP contribution in [0.3, 0.4) is 0 Å². The molecule has 0 saturated carbocycles. The zero-order valence-corrected chi connectivity index (χ0v) is 14.2. The molecule has 0 aromatic rings. The van der Waals surface area contributed by atoms with Crippen molar-refractivity contribution in [2.45, 2.75) is 51.2 Å². The summed E-state index contributed by atoms with van der Waals surface area (Å²) in [5.74, 6) is -0.181. The molecule has 0 atom stereocenters. The van der Waals surface area contributed by atoms with E-state index in [2.05, 4.69) is 16.0 Å². The smallest absolute Gasteiger partial charge is 0.252 e. The van der Waals surface area contributed by atoms with Gasteiger partial charge in [0.15, 0.2) is 0 Å². The molecule has 1 rings (SSSR count). The van der Waals surface area contributed by atoms with Crippen molar-refractivity contribution < 1.29 is 14.3 Å². The van der Waals surface area contributed by atoms with Crippen molar-refractivity contribution in [1.82, 2.24) is 16.0 Å². The molecule has 124 valence electrons. The molecule has 1 aliphatic heterocycles. The van der Waals surface area contributed by atoms with E-state index in [4.69, 9.17) is 4.74 Å². The van der Waals surface area contributed by atoms with Gasteiger partial charge in [0.2, 0.25) is 5.91 Å². The van der Waals surface area contributed by atoms with E-state index in [1.807, 2.05) is 20.8 Å². The van der Waals surface area contributed by atoms with Crippen LogP contribution in [-0.4, -0.2) is 49.7 Å². The Labute approximate surface area is 133 Å². The van der Waals surface area contributed by atoms with E-state index in [9.17, 15) is 9.59 Å². The van der Waals surface area contributed by atoms with Crippen LogP contribution in [0.5, 0.6) is 0 Å². The number of piperidine rings is 1. The van der Waals surface area contributed by atoms with E-state index in [-0.39, 0.29) is 36.2 Å². The summed E-state index contributed by atoms with van der Waals surface area (Å²) in [5, 5.41) is 8.88. The lowest BCUT2D eigenvalue weighted by Gasteiger charge is -2.34. The minimum absolute atomic E-state index is 0. The highest BCUT2D eigenvalue weighted by Crippen LogP contribution is 2.22. The van der Waals surface area contributed by atoms with Crippen LogP contribution in [0.25, 0.3) is 0 Å². The molecule has 1 saturated heterocycles. The number of halogens is 1. The molecule has 0 unspecified atom stereocenters. The Balaban J connectivity index is 0.00000400. The number of rotatable bonds is 5. The Morgan fingerprint density at radius 3 is 2.29 bits per heavy atom. The topological polar surface area (TPSA) is 79.5 Å². The van der Waals surface area contributed by atoms with E-state index in [1.165, 1.54) is 0 Å². The van der Waals surface area contributed by atoms with Gasteiger partial charge in [-0.15, -0.1) is 12.4 Å². The highest BCUT2D eigenvalue weighted by Gasteiger charge is 2.39. The average Bonchev–Trinajstić information content (AvgIpc) is 2.37. The summed E-state index contributed by atoms with van der Waals surface area (Å²) < 4.78 is 5.43. The predicted molar refractivity (Wildman–Crippen MR) is 84.6 cm³/mol. The van der Waals surface area contributed by atoms with Crippen LogP contribution in [0, 0.1) is 0 Å². The molecule has 6 nitrogen and oxygen atoms in total. The van der Waals surface area contributed by atoms with Gasteiger partial charge in [0.1, 0.15) is 5.60 Å². The van der Waals surface area contributed by atoms with Gasteiger partial charge in [-0.1, -0.05) is 0 Å². The largest absolute Gasteiger partial charge is 0.368 e. The molecule has 1 fully saturated rings. The van der Waals surface area contributed by atoms with Crippen LogP contribution in [0.4, 0.5) is 0 Å². The molecule has 21 heavy (non-hydrogen) atoms. The second-order valence-electron chi connectivity index (χ2n) is 6.25. The first-order chi connectivity index (χ1) is 9.29. The quantitative estimate of drug-likeness (QED) is 0.693. The van der Waals surface area contributed by atoms with E-state index in [0.29, 0.717) is 19.4 Å². The maximum absolute atomic E-state index is 12.2. The lowest BCUT2D eigenvalue weighted by atomic mass is 9.91. The van der Waals surface area contributed by atoms with Gasteiger partial charge in [0.05, 0.1) is 0 Å². The number of hydrogen-bond acceptors (Lipinski definition) is 4. The van der Waals surface area contributed by atoms with Crippen LogP contribution in [0.2, 0.25) is 0 Å². The van der Waals surface area contributed by atoms with Gasteiger partial charge in [-0.05, 0) is 46.7 Å². The van der Waals surface area contributed by atoms with Gasteiger partial charge < -0.3 is 20.7 Å². The Hall–Kier alpha value is -0.850. The molecule has 3 N–H and O–H groups in total. The first-order valence-electron chi connectivity index (χ1n) is 7.14. The highest BCUT2D eigenvalue weighted by atomic mass is 35.5. The predicted octanol–water partition coefficient (Wildman–Crippen LogP) is 0.598. The number of carbonyl (C=O) groups is 2. The maximum atomic E-state index is 12.2. The summed E-state index contributed by atoms with van der Waals surface area (Å²) >= 11 is 0. The molecule has 0 radical (unpaired) electrons. The summed E-state index contributed by atoms with van der Waals surface area (Å²) in [7, 11) is 1.57. The van der Waals surface area contributed by atoms with Crippen LogP contribution < -0.4 is 16.0 Å². The molecule has 0 aromatic heterocycles. The van der Waals surface area contributed by atoms with Crippen molar-refractivity contribution in [3.05, 3.63) is 0 Å². The molecule has 0 aliphatic carbocycles. The van der Waals surface area contributed by atoms with E-state index >= 15 is 0 Å². The summed E-state index contributed by atoms with van der Waals surface area (Å²) in [4.78, 5) is 23.9. The van der Waals surface area contributed by atoms with E-state index in [1.54, 1.807) is 7.11 Å².